The van der Waals surface area contributed by atoms with Crippen molar-refractivity contribution in [3.63, 3.8) is 0 Å². The van der Waals surface area contributed by atoms with Gasteiger partial charge in [0.1, 0.15) is 0 Å². The monoisotopic (exact) mass is 337 g/mol. The number of hydrogen-bond donors (Lipinski definition) is 1. The fraction of sp³-hybridized carbons (Fsp3) is 0.429. The molecule has 0 amide bonds. The van der Waals surface area contributed by atoms with E-state index in [0.29, 0.717) is 32.8 Å². The van der Waals surface area contributed by atoms with Crippen molar-refractivity contribution in [1.29, 1.82) is 0 Å². The number of nitrogens with zero attached hydrogens (tertiary/aromatic N) is 4. The Kier molecular flexibility index (Phi) is 5.01. The molecule has 1 aromatic carbocycles. The molecule has 0 saturated carbocycles. The summed E-state index contributed by atoms with van der Waals surface area (Å²) < 4.78 is 34.6. The Bertz CT molecular complexity index is 699. The maximum atomic E-state index is 12.6. The summed E-state index contributed by atoms with van der Waals surface area (Å²) in [6.45, 7) is 1.86. The van der Waals surface area contributed by atoms with E-state index in [1.165, 1.54) is 9.10 Å². The molecular formula is C14H19N5O3S. The second-order valence-electron chi connectivity index (χ2n) is 5.18. The number of morpholine rings is 1. The average Bonchev–Trinajstić information content (AvgIpc) is 3.09. The first-order valence-electron chi connectivity index (χ1n) is 7.39. The van der Waals surface area contributed by atoms with Crippen molar-refractivity contribution in [3.8, 4) is 0 Å². The molecule has 1 aromatic heterocycles. The highest BCUT2D eigenvalue weighted by Crippen LogP contribution is 2.17. The molecule has 0 aliphatic carbocycles. The van der Waals surface area contributed by atoms with Crippen molar-refractivity contribution in [2.24, 2.45) is 0 Å². The quantitative estimate of drug-likeness (QED) is 0.812. The summed E-state index contributed by atoms with van der Waals surface area (Å²) in [6.07, 6.45) is 3.14. The Morgan fingerprint density at radius 3 is 2.43 bits per heavy atom. The van der Waals surface area contributed by atoms with Crippen LogP contribution >= 0.6 is 0 Å². The van der Waals surface area contributed by atoms with Crippen LogP contribution in [0.1, 0.15) is 11.6 Å². The van der Waals surface area contributed by atoms with Gasteiger partial charge in [0.2, 0.25) is 0 Å². The molecule has 0 bridgehead atoms. The van der Waals surface area contributed by atoms with Gasteiger partial charge in [-0.1, -0.05) is 30.3 Å². The van der Waals surface area contributed by atoms with Crippen LogP contribution in [0.25, 0.3) is 0 Å². The second kappa shape index (κ2) is 7.18. The molecule has 23 heavy (non-hydrogen) atoms. The van der Waals surface area contributed by atoms with Crippen LogP contribution in [0.15, 0.2) is 42.7 Å². The molecule has 8 nitrogen and oxygen atoms in total. The molecule has 2 aromatic rings. The van der Waals surface area contributed by atoms with Crippen molar-refractivity contribution < 1.29 is 13.2 Å². The Morgan fingerprint density at radius 2 is 1.78 bits per heavy atom. The van der Waals surface area contributed by atoms with E-state index in [2.05, 4.69) is 14.9 Å². The number of aromatic nitrogens is 3. The first kappa shape index (κ1) is 16.1. The van der Waals surface area contributed by atoms with Crippen molar-refractivity contribution in [1.82, 2.24) is 24.0 Å². The van der Waals surface area contributed by atoms with Crippen LogP contribution < -0.4 is 4.72 Å². The van der Waals surface area contributed by atoms with Gasteiger partial charge in [-0.15, -0.1) is 0 Å². The summed E-state index contributed by atoms with van der Waals surface area (Å²) in [5.41, 5.74) is 0.863. The van der Waals surface area contributed by atoms with Crippen LogP contribution in [-0.4, -0.2) is 54.0 Å². The third kappa shape index (κ3) is 4.14. The summed E-state index contributed by atoms with van der Waals surface area (Å²) in [6, 6.07) is 8.97. The fourth-order valence-corrected chi connectivity index (χ4v) is 3.79. The predicted octanol–water partition coefficient (Wildman–Crippen LogP) is 0.186. The summed E-state index contributed by atoms with van der Waals surface area (Å²) in [7, 11) is -3.60. The Balaban J connectivity index is 1.80. The highest BCUT2D eigenvalue weighted by molar-refractivity contribution is 7.87. The molecule has 1 fully saturated rings. The molecule has 9 heteroatoms. The lowest BCUT2D eigenvalue weighted by Crippen LogP contribution is -2.48. The fourth-order valence-electron chi connectivity index (χ4n) is 2.44. The first-order valence-corrected chi connectivity index (χ1v) is 8.83. The lowest BCUT2D eigenvalue weighted by molar-refractivity contribution is 0.0722. The highest BCUT2D eigenvalue weighted by Gasteiger charge is 2.28. The smallest absolute Gasteiger partial charge is 0.280 e. The summed E-state index contributed by atoms with van der Waals surface area (Å²) in [5, 5.41) is 8.12. The topological polar surface area (TPSA) is 89.3 Å². The first-order chi connectivity index (χ1) is 11.1. The SMILES string of the molecule is O=S(=O)(NC(Cn1nccn1)c1ccccc1)N1CCOCC1. The number of ether oxygens (including phenoxy) is 1. The average molecular weight is 337 g/mol. The van der Waals surface area contributed by atoms with E-state index in [4.69, 9.17) is 4.74 Å². The van der Waals surface area contributed by atoms with E-state index in [1.54, 1.807) is 12.4 Å². The van der Waals surface area contributed by atoms with E-state index in [9.17, 15) is 8.42 Å². The van der Waals surface area contributed by atoms with Gasteiger partial charge >= 0.3 is 0 Å². The number of hydrogen-bond acceptors (Lipinski definition) is 5. The molecule has 0 radical (unpaired) electrons. The minimum absolute atomic E-state index is 0.320. The maximum absolute atomic E-state index is 12.6. The van der Waals surface area contributed by atoms with Crippen molar-refractivity contribution in [2.75, 3.05) is 26.3 Å². The molecule has 1 N–H and O–H groups in total. The molecule has 0 spiro atoms. The number of nitrogens with one attached hydrogen (secondary N) is 1. The van der Waals surface area contributed by atoms with Gasteiger partial charge in [-0.3, -0.25) is 0 Å². The molecule has 124 valence electrons. The van der Waals surface area contributed by atoms with Crippen molar-refractivity contribution >= 4 is 10.2 Å². The molecular weight excluding hydrogens is 318 g/mol. The second-order valence-corrected chi connectivity index (χ2v) is 6.88. The molecule has 1 aliphatic heterocycles. The van der Waals surface area contributed by atoms with E-state index < -0.39 is 16.3 Å². The van der Waals surface area contributed by atoms with Crippen LogP contribution in [0.5, 0.6) is 0 Å². The minimum Gasteiger partial charge on any atom is -0.379 e. The van der Waals surface area contributed by atoms with Crippen LogP contribution in [0.2, 0.25) is 0 Å². The van der Waals surface area contributed by atoms with Crippen LogP contribution in [-0.2, 0) is 21.5 Å². The highest BCUT2D eigenvalue weighted by atomic mass is 32.2. The lowest BCUT2D eigenvalue weighted by Gasteiger charge is -2.28. The zero-order valence-corrected chi connectivity index (χ0v) is 13.4. The van der Waals surface area contributed by atoms with E-state index in [1.807, 2.05) is 30.3 Å². The standard InChI is InChI=1S/C14H19N5O3S/c20-23(21,18-8-10-22-11-9-18)17-14(12-19-15-6-7-16-19)13-4-2-1-3-5-13/h1-7,14,17H,8-12H2. The molecule has 1 unspecified atom stereocenters. The van der Waals surface area contributed by atoms with Gasteiger partial charge in [0, 0.05) is 13.1 Å². The van der Waals surface area contributed by atoms with Crippen LogP contribution in [0.4, 0.5) is 0 Å². The lowest BCUT2D eigenvalue weighted by atomic mass is 10.1. The van der Waals surface area contributed by atoms with Gasteiger partial charge < -0.3 is 4.74 Å². The molecule has 1 aliphatic rings. The number of rotatable bonds is 6. The normalized spacial score (nSPS) is 17.9. The van der Waals surface area contributed by atoms with Gasteiger partial charge in [-0.05, 0) is 5.56 Å². The zero-order chi connectivity index (χ0) is 16.1. The Labute approximate surface area is 135 Å². The van der Waals surface area contributed by atoms with E-state index in [0.717, 1.165) is 5.56 Å². The zero-order valence-electron chi connectivity index (χ0n) is 12.6. The van der Waals surface area contributed by atoms with Gasteiger partial charge in [-0.2, -0.15) is 32.4 Å². The van der Waals surface area contributed by atoms with Crippen LogP contribution in [0, 0.1) is 0 Å². The summed E-state index contributed by atoms with van der Waals surface area (Å²) >= 11 is 0. The van der Waals surface area contributed by atoms with Gasteiger partial charge in [0.25, 0.3) is 10.2 Å². The summed E-state index contributed by atoms with van der Waals surface area (Å²) in [4.78, 5) is 1.47. The molecule has 3 rings (SSSR count). The maximum Gasteiger partial charge on any atom is 0.280 e. The predicted molar refractivity (Wildman–Crippen MR) is 83.7 cm³/mol. The summed E-state index contributed by atoms with van der Waals surface area (Å²) in [5.74, 6) is 0. The van der Waals surface area contributed by atoms with E-state index >= 15 is 0 Å². The Hall–Kier alpha value is -1.81. The number of benzene rings is 1. The molecule has 1 saturated heterocycles. The molecule has 1 atom stereocenters. The van der Waals surface area contributed by atoms with Gasteiger partial charge in [0.15, 0.2) is 0 Å². The van der Waals surface area contributed by atoms with E-state index in [-0.39, 0.29) is 0 Å². The third-order valence-corrected chi connectivity index (χ3v) is 5.24. The van der Waals surface area contributed by atoms with Crippen LogP contribution in [0.3, 0.4) is 0 Å². The van der Waals surface area contributed by atoms with Crippen molar-refractivity contribution in [3.05, 3.63) is 48.3 Å². The third-order valence-electron chi connectivity index (χ3n) is 3.62. The largest absolute Gasteiger partial charge is 0.379 e. The van der Waals surface area contributed by atoms with Crippen molar-refractivity contribution in [2.45, 2.75) is 12.6 Å². The minimum atomic E-state index is -3.60. The molecule has 2 heterocycles. The van der Waals surface area contributed by atoms with Gasteiger partial charge in [-0.25, -0.2) is 0 Å². The van der Waals surface area contributed by atoms with Gasteiger partial charge in [0.05, 0.1) is 38.2 Å². The Morgan fingerprint density at radius 1 is 1.13 bits per heavy atom.